The summed E-state index contributed by atoms with van der Waals surface area (Å²) in [4.78, 5) is 60.4. The Morgan fingerprint density at radius 3 is 1.48 bits per heavy atom. The lowest BCUT2D eigenvalue weighted by Crippen LogP contribution is -2.17. The lowest BCUT2D eigenvalue weighted by molar-refractivity contribution is 0.0645. The van der Waals surface area contributed by atoms with Crippen LogP contribution >= 0.6 is 0 Å². The Morgan fingerprint density at radius 1 is 0.640 bits per heavy atom. The van der Waals surface area contributed by atoms with E-state index >= 15 is 0 Å². The summed E-state index contributed by atoms with van der Waals surface area (Å²) in [5.74, 6) is -9.06. The van der Waals surface area contributed by atoms with E-state index in [2.05, 4.69) is 4.98 Å². The standard InChI is InChI=1S/C14H7NO10/c16-10(17)3-1-4(11(18)19)9-8(6(3)13(22)23)7(14(24)25)5(2-15-9)12(20)21/h1-2H,(H,16,17)(H,18,19)(H,20,21)(H,22,23)(H,24,25). The van der Waals surface area contributed by atoms with Crippen LogP contribution in [0.1, 0.15) is 51.8 Å². The molecule has 11 nitrogen and oxygen atoms in total. The number of fused-ring (bicyclic) bond motifs is 1. The molecule has 0 bridgehead atoms. The van der Waals surface area contributed by atoms with E-state index in [1.807, 2.05) is 0 Å². The summed E-state index contributed by atoms with van der Waals surface area (Å²) in [6.45, 7) is 0. The third kappa shape index (κ3) is 2.69. The first-order valence-electron chi connectivity index (χ1n) is 6.24. The Kier molecular flexibility index (Phi) is 4.08. The van der Waals surface area contributed by atoms with E-state index in [-0.39, 0.29) is 0 Å². The van der Waals surface area contributed by atoms with E-state index in [0.29, 0.717) is 12.3 Å². The second kappa shape index (κ2) is 5.88. The van der Waals surface area contributed by atoms with Crippen LogP contribution in [0.5, 0.6) is 0 Å². The number of nitrogens with zero attached hydrogens (tertiary/aromatic N) is 1. The van der Waals surface area contributed by atoms with Crippen molar-refractivity contribution in [2.45, 2.75) is 0 Å². The maximum Gasteiger partial charge on any atom is 0.338 e. The Labute approximate surface area is 136 Å². The number of carbonyl (C=O) groups is 5. The SMILES string of the molecule is O=C(O)c1cnc2c(C(=O)O)cc(C(=O)O)c(C(=O)O)c2c1C(=O)O. The van der Waals surface area contributed by atoms with E-state index in [0.717, 1.165) is 0 Å². The minimum atomic E-state index is -1.88. The van der Waals surface area contributed by atoms with E-state index in [1.165, 1.54) is 0 Å². The first kappa shape index (κ1) is 17.3. The predicted molar refractivity (Wildman–Crippen MR) is 76.5 cm³/mol. The minimum Gasteiger partial charge on any atom is -0.478 e. The number of hydrogen-bond donors (Lipinski definition) is 5. The summed E-state index contributed by atoms with van der Waals surface area (Å²) in [5.41, 5.74) is -5.50. The van der Waals surface area contributed by atoms with Crippen LogP contribution in [0, 0.1) is 0 Å². The molecular weight excluding hydrogens is 342 g/mol. The smallest absolute Gasteiger partial charge is 0.338 e. The highest BCUT2D eigenvalue weighted by Gasteiger charge is 2.31. The summed E-state index contributed by atoms with van der Waals surface area (Å²) < 4.78 is 0. The van der Waals surface area contributed by atoms with Gasteiger partial charge in [0.1, 0.15) is 0 Å². The van der Waals surface area contributed by atoms with E-state index in [4.69, 9.17) is 10.2 Å². The highest BCUT2D eigenvalue weighted by molar-refractivity contribution is 6.22. The number of carboxylic acids is 5. The summed E-state index contributed by atoms with van der Waals surface area (Å²) in [6.07, 6.45) is 0.562. The van der Waals surface area contributed by atoms with Gasteiger partial charge >= 0.3 is 29.8 Å². The fraction of sp³-hybridized carbons (Fsp3) is 0. The van der Waals surface area contributed by atoms with Gasteiger partial charge in [0.2, 0.25) is 0 Å². The summed E-state index contributed by atoms with van der Waals surface area (Å²) >= 11 is 0. The van der Waals surface area contributed by atoms with Gasteiger partial charge in [-0.3, -0.25) is 4.98 Å². The molecule has 0 unspecified atom stereocenters. The van der Waals surface area contributed by atoms with E-state index < -0.39 is 68.6 Å². The Hall–Kier alpha value is -4.02. The largest absolute Gasteiger partial charge is 0.478 e. The Balaban J connectivity index is 3.29. The number of aromatic carboxylic acids is 5. The molecule has 0 atom stereocenters. The molecule has 25 heavy (non-hydrogen) atoms. The lowest BCUT2D eigenvalue weighted by Gasteiger charge is -2.13. The van der Waals surface area contributed by atoms with Gasteiger partial charge in [-0.05, 0) is 6.07 Å². The number of aromatic nitrogens is 1. The van der Waals surface area contributed by atoms with E-state index in [1.54, 1.807) is 0 Å². The Bertz CT molecular complexity index is 971. The van der Waals surface area contributed by atoms with Gasteiger partial charge < -0.3 is 25.5 Å². The van der Waals surface area contributed by atoms with Gasteiger partial charge in [-0.2, -0.15) is 0 Å². The van der Waals surface area contributed by atoms with Crippen LogP contribution in [0.2, 0.25) is 0 Å². The zero-order chi connectivity index (χ0) is 19.0. The van der Waals surface area contributed by atoms with Gasteiger partial charge in [0, 0.05) is 11.6 Å². The van der Waals surface area contributed by atoms with Crippen LogP contribution in [0.3, 0.4) is 0 Å². The predicted octanol–water partition coefficient (Wildman–Crippen LogP) is 0.726. The topological polar surface area (TPSA) is 199 Å². The van der Waals surface area contributed by atoms with Crippen LogP contribution in [-0.2, 0) is 0 Å². The molecule has 5 N–H and O–H groups in total. The van der Waals surface area contributed by atoms with Crippen molar-refractivity contribution in [1.82, 2.24) is 4.98 Å². The van der Waals surface area contributed by atoms with Crippen molar-refractivity contribution in [1.29, 1.82) is 0 Å². The van der Waals surface area contributed by atoms with Gasteiger partial charge in [0.15, 0.2) is 0 Å². The van der Waals surface area contributed by atoms with Gasteiger partial charge in [-0.1, -0.05) is 0 Å². The Morgan fingerprint density at radius 2 is 1.08 bits per heavy atom. The summed E-state index contributed by atoms with van der Waals surface area (Å²) in [7, 11) is 0. The monoisotopic (exact) mass is 349 g/mol. The van der Waals surface area contributed by atoms with E-state index in [9.17, 15) is 39.3 Å². The summed E-state index contributed by atoms with van der Waals surface area (Å²) in [6, 6.07) is 0.523. The van der Waals surface area contributed by atoms with Crippen molar-refractivity contribution in [2.24, 2.45) is 0 Å². The average molecular weight is 349 g/mol. The van der Waals surface area contributed by atoms with Crippen molar-refractivity contribution in [3.63, 3.8) is 0 Å². The van der Waals surface area contributed by atoms with Crippen molar-refractivity contribution in [3.8, 4) is 0 Å². The average Bonchev–Trinajstić information content (AvgIpc) is 2.50. The molecule has 2 aromatic rings. The molecule has 0 spiro atoms. The maximum atomic E-state index is 11.5. The molecule has 0 saturated heterocycles. The highest BCUT2D eigenvalue weighted by Crippen LogP contribution is 2.30. The van der Waals surface area contributed by atoms with Crippen molar-refractivity contribution < 1.29 is 49.5 Å². The second-order valence-electron chi connectivity index (χ2n) is 4.64. The van der Waals surface area contributed by atoms with Crippen molar-refractivity contribution >= 4 is 40.7 Å². The molecule has 0 saturated carbocycles. The number of rotatable bonds is 5. The highest BCUT2D eigenvalue weighted by atomic mass is 16.4. The molecule has 0 aliphatic carbocycles. The molecule has 1 aromatic heterocycles. The third-order valence-electron chi connectivity index (χ3n) is 3.26. The summed E-state index contributed by atoms with van der Waals surface area (Å²) in [5, 5.41) is 45.1. The first-order chi connectivity index (χ1) is 11.6. The molecule has 0 aliphatic rings. The van der Waals surface area contributed by atoms with Gasteiger partial charge in [-0.25, -0.2) is 24.0 Å². The normalized spacial score (nSPS) is 10.4. The molecule has 0 radical (unpaired) electrons. The molecule has 1 heterocycles. The van der Waals surface area contributed by atoms with Gasteiger partial charge in [0.05, 0.1) is 33.3 Å². The van der Waals surface area contributed by atoms with Crippen LogP contribution in [0.4, 0.5) is 0 Å². The molecule has 0 amide bonds. The molecule has 2 rings (SSSR count). The fourth-order valence-corrected chi connectivity index (χ4v) is 2.32. The zero-order valence-electron chi connectivity index (χ0n) is 11.9. The number of benzene rings is 1. The van der Waals surface area contributed by atoms with Crippen LogP contribution in [0.25, 0.3) is 10.9 Å². The minimum absolute atomic E-state index is 0.523. The molecule has 128 valence electrons. The first-order valence-corrected chi connectivity index (χ1v) is 6.24. The molecule has 11 heteroatoms. The van der Waals surface area contributed by atoms with Gasteiger partial charge in [0.25, 0.3) is 0 Å². The quantitative estimate of drug-likeness (QED) is 0.509. The molecule has 0 aliphatic heterocycles. The molecular formula is C14H7NO10. The number of carboxylic acid groups (broad SMARTS) is 5. The van der Waals surface area contributed by atoms with Crippen molar-refractivity contribution in [3.05, 3.63) is 40.1 Å². The second-order valence-corrected chi connectivity index (χ2v) is 4.64. The number of pyridine rings is 1. The fourth-order valence-electron chi connectivity index (χ4n) is 2.32. The maximum absolute atomic E-state index is 11.5. The van der Waals surface area contributed by atoms with Gasteiger partial charge in [-0.15, -0.1) is 0 Å². The zero-order valence-corrected chi connectivity index (χ0v) is 11.9. The third-order valence-corrected chi connectivity index (χ3v) is 3.26. The molecule has 1 aromatic carbocycles. The molecule has 0 fully saturated rings. The number of hydrogen-bond acceptors (Lipinski definition) is 6. The lowest BCUT2D eigenvalue weighted by atomic mass is 9.92. The van der Waals surface area contributed by atoms with Crippen molar-refractivity contribution in [2.75, 3.05) is 0 Å². The van der Waals surface area contributed by atoms with Crippen LogP contribution < -0.4 is 0 Å². The van der Waals surface area contributed by atoms with Crippen LogP contribution in [0.15, 0.2) is 12.3 Å². The van der Waals surface area contributed by atoms with Crippen LogP contribution in [-0.4, -0.2) is 60.4 Å².